The molecule has 3 N–H and O–H groups in total. The molecule has 2 rings (SSSR count). The molecule has 1 fully saturated rings. The van der Waals surface area contributed by atoms with E-state index < -0.39 is 12.0 Å². The van der Waals surface area contributed by atoms with Gasteiger partial charge in [0.05, 0.1) is 0 Å². The van der Waals surface area contributed by atoms with E-state index in [2.05, 4.69) is 5.32 Å². The van der Waals surface area contributed by atoms with Gasteiger partial charge in [-0.25, -0.2) is 0 Å². The van der Waals surface area contributed by atoms with Gasteiger partial charge in [0, 0.05) is 11.6 Å². The Hall–Kier alpha value is -1.55. The molecule has 0 aliphatic heterocycles. The highest BCUT2D eigenvalue weighted by Gasteiger charge is 2.26. The minimum absolute atomic E-state index is 0.0328. The molecule has 1 aliphatic carbocycles. The summed E-state index contributed by atoms with van der Waals surface area (Å²) >= 11 is 0. The molecule has 0 aromatic heterocycles. The van der Waals surface area contributed by atoms with E-state index in [0.717, 1.165) is 25.7 Å². The molecular weight excluding hydrogens is 218 g/mol. The number of phenols is 1. The third kappa shape index (κ3) is 2.77. The smallest absolute Gasteiger partial charge is 0.325 e. The lowest BCUT2D eigenvalue weighted by Crippen LogP contribution is -2.35. The number of phenolic OH excluding ortho intramolecular Hbond substituents is 1. The van der Waals surface area contributed by atoms with Crippen molar-refractivity contribution in [1.29, 1.82) is 0 Å². The van der Waals surface area contributed by atoms with Gasteiger partial charge >= 0.3 is 5.97 Å². The standard InChI is InChI=1S/C13H17NO3/c15-11-8-4-3-7-10(11)12(13(16)17)14-9-5-1-2-6-9/h3-4,7-9,12,14-15H,1-2,5-6H2,(H,16,17). The highest BCUT2D eigenvalue weighted by Crippen LogP contribution is 2.27. The van der Waals surface area contributed by atoms with Crippen LogP contribution in [0.3, 0.4) is 0 Å². The van der Waals surface area contributed by atoms with Gasteiger partial charge < -0.3 is 10.2 Å². The van der Waals surface area contributed by atoms with Crippen molar-refractivity contribution in [3.63, 3.8) is 0 Å². The Bertz CT molecular complexity index is 399. The Morgan fingerprint density at radius 1 is 1.29 bits per heavy atom. The van der Waals surface area contributed by atoms with Gasteiger partial charge in [-0.1, -0.05) is 31.0 Å². The molecule has 0 radical (unpaired) electrons. The van der Waals surface area contributed by atoms with Gasteiger partial charge in [-0.2, -0.15) is 0 Å². The van der Waals surface area contributed by atoms with Crippen LogP contribution in [0.1, 0.15) is 37.3 Å². The monoisotopic (exact) mass is 235 g/mol. The maximum absolute atomic E-state index is 11.3. The zero-order chi connectivity index (χ0) is 12.3. The molecule has 1 aromatic carbocycles. The van der Waals surface area contributed by atoms with Gasteiger partial charge in [0.1, 0.15) is 11.8 Å². The number of hydrogen-bond acceptors (Lipinski definition) is 3. The average molecular weight is 235 g/mol. The summed E-state index contributed by atoms with van der Waals surface area (Å²) in [5, 5.41) is 22.1. The largest absolute Gasteiger partial charge is 0.508 e. The number of rotatable bonds is 4. The van der Waals surface area contributed by atoms with Gasteiger partial charge in [0.25, 0.3) is 0 Å². The number of carboxylic acids is 1. The molecule has 0 spiro atoms. The quantitative estimate of drug-likeness (QED) is 0.747. The van der Waals surface area contributed by atoms with Crippen LogP contribution in [-0.4, -0.2) is 22.2 Å². The van der Waals surface area contributed by atoms with Crippen LogP contribution in [0.25, 0.3) is 0 Å². The predicted octanol–water partition coefficient (Wildman–Crippen LogP) is 2.05. The van der Waals surface area contributed by atoms with Crippen molar-refractivity contribution >= 4 is 5.97 Å². The van der Waals surface area contributed by atoms with Crippen LogP contribution in [0, 0.1) is 0 Å². The lowest BCUT2D eigenvalue weighted by atomic mass is 10.0. The van der Waals surface area contributed by atoms with Crippen molar-refractivity contribution in [2.24, 2.45) is 0 Å². The fourth-order valence-electron chi connectivity index (χ4n) is 2.35. The molecule has 1 aromatic rings. The fourth-order valence-corrected chi connectivity index (χ4v) is 2.35. The van der Waals surface area contributed by atoms with Crippen molar-refractivity contribution in [1.82, 2.24) is 5.32 Å². The average Bonchev–Trinajstić information content (AvgIpc) is 2.79. The Balaban J connectivity index is 2.17. The molecule has 4 nitrogen and oxygen atoms in total. The first-order valence-corrected chi connectivity index (χ1v) is 5.95. The van der Waals surface area contributed by atoms with Crippen LogP contribution in [0.2, 0.25) is 0 Å². The fraction of sp³-hybridized carbons (Fsp3) is 0.462. The molecule has 4 heteroatoms. The van der Waals surface area contributed by atoms with E-state index in [9.17, 15) is 15.0 Å². The minimum atomic E-state index is -0.946. The summed E-state index contributed by atoms with van der Waals surface area (Å²) < 4.78 is 0. The molecule has 92 valence electrons. The van der Waals surface area contributed by atoms with E-state index in [-0.39, 0.29) is 11.8 Å². The number of nitrogens with one attached hydrogen (secondary N) is 1. The highest BCUT2D eigenvalue weighted by atomic mass is 16.4. The van der Waals surface area contributed by atoms with Gasteiger partial charge in [-0.3, -0.25) is 10.1 Å². The van der Waals surface area contributed by atoms with Crippen LogP contribution < -0.4 is 5.32 Å². The maximum atomic E-state index is 11.3. The van der Waals surface area contributed by atoms with E-state index in [1.165, 1.54) is 6.07 Å². The summed E-state index contributed by atoms with van der Waals surface area (Å²) in [5.41, 5.74) is 0.437. The highest BCUT2D eigenvalue weighted by molar-refractivity contribution is 5.76. The summed E-state index contributed by atoms with van der Waals surface area (Å²) in [5.74, 6) is -0.913. The lowest BCUT2D eigenvalue weighted by molar-refractivity contribution is -0.140. The second-order valence-electron chi connectivity index (χ2n) is 4.48. The Kier molecular flexibility index (Phi) is 3.64. The van der Waals surface area contributed by atoms with E-state index >= 15 is 0 Å². The number of hydrogen-bond donors (Lipinski definition) is 3. The van der Waals surface area contributed by atoms with E-state index in [0.29, 0.717) is 5.56 Å². The molecular formula is C13H17NO3. The van der Waals surface area contributed by atoms with Crippen LogP contribution in [0.5, 0.6) is 5.75 Å². The Morgan fingerprint density at radius 3 is 2.53 bits per heavy atom. The molecule has 1 atom stereocenters. The number of aliphatic carboxylic acids is 1. The number of aromatic hydroxyl groups is 1. The van der Waals surface area contributed by atoms with Crippen molar-refractivity contribution in [2.45, 2.75) is 37.8 Å². The molecule has 17 heavy (non-hydrogen) atoms. The third-order valence-electron chi connectivity index (χ3n) is 3.25. The topological polar surface area (TPSA) is 69.6 Å². The first-order chi connectivity index (χ1) is 8.18. The summed E-state index contributed by atoms with van der Waals surface area (Å²) in [4.78, 5) is 11.3. The summed E-state index contributed by atoms with van der Waals surface area (Å²) in [6, 6.07) is 6.02. The Labute approximate surface area is 100 Å². The number of para-hydroxylation sites is 1. The van der Waals surface area contributed by atoms with Crippen molar-refractivity contribution in [3.8, 4) is 5.75 Å². The van der Waals surface area contributed by atoms with Gasteiger partial charge in [-0.15, -0.1) is 0 Å². The van der Waals surface area contributed by atoms with E-state index in [1.807, 2.05) is 0 Å². The number of benzene rings is 1. The van der Waals surface area contributed by atoms with E-state index in [4.69, 9.17) is 0 Å². The first-order valence-electron chi connectivity index (χ1n) is 5.95. The molecule has 0 bridgehead atoms. The second-order valence-corrected chi connectivity index (χ2v) is 4.48. The second kappa shape index (κ2) is 5.19. The summed E-state index contributed by atoms with van der Waals surface area (Å²) in [6.07, 6.45) is 4.31. The zero-order valence-electron chi connectivity index (χ0n) is 9.60. The normalized spacial score (nSPS) is 18.1. The molecule has 0 heterocycles. The zero-order valence-corrected chi connectivity index (χ0v) is 9.60. The summed E-state index contributed by atoms with van der Waals surface area (Å²) in [7, 11) is 0. The lowest BCUT2D eigenvalue weighted by Gasteiger charge is -2.20. The molecule has 1 aliphatic rings. The SMILES string of the molecule is O=C(O)C(NC1CCCC1)c1ccccc1O. The van der Waals surface area contributed by atoms with Crippen LogP contribution in [0.4, 0.5) is 0 Å². The van der Waals surface area contributed by atoms with Crippen LogP contribution >= 0.6 is 0 Å². The molecule has 0 amide bonds. The number of carbonyl (C=O) groups is 1. The molecule has 1 unspecified atom stereocenters. The van der Waals surface area contributed by atoms with Crippen molar-refractivity contribution in [2.75, 3.05) is 0 Å². The van der Waals surface area contributed by atoms with E-state index in [1.54, 1.807) is 18.2 Å². The summed E-state index contributed by atoms with van der Waals surface area (Å²) in [6.45, 7) is 0. The first kappa shape index (κ1) is 11.9. The van der Waals surface area contributed by atoms with Crippen molar-refractivity contribution < 1.29 is 15.0 Å². The van der Waals surface area contributed by atoms with Crippen molar-refractivity contribution in [3.05, 3.63) is 29.8 Å². The minimum Gasteiger partial charge on any atom is -0.508 e. The molecule has 0 saturated heterocycles. The van der Waals surface area contributed by atoms with Crippen LogP contribution in [0.15, 0.2) is 24.3 Å². The van der Waals surface area contributed by atoms with Crippen LogP contribution in [-0.2, 0) is 4.79 Å². The predicted molar refractivity (Wildman–Crippen MR) is 63.9 cm³/mol. The van der Waals surface area contributed by atoms with Gasteiger partial charge in [-0.05, 0) is 18.9 Å². The Morgan fingerprint density at radius 2 is 1.94 bits per heavy atom. The molecule has 1 saturated carbocycles. The van der Waals surface area contributed by atoms with Gasteiger partial charge in [0.2, 0.25) is 0 Å². The number of carboxylic acid groups (broad SMARTS) is 1. The van der Waals surface area contributed by atoms with Gasteiger partial charge in [0.15, 0.2) is 0 Å². The third-order valence-corrected chi connectivity index (χ3v) is 3.25. The maximum Gasteiger partial charge on any atom is 0.325 e.